The minimum atomic E-state index is 0.446. The molecule has 0 saturated carbocycles. The standard InChI is InChI=1S/C17H11N5OS2/c1-23-14-7-3-6-13(8-14)20-16-21-22-17(25-16)24-15-11(9-18)4-2-5-12(15)10-19/h2-8H,1H3,(H,20,21). The lowest BCUT2D eigenvalue weighted by molar-refractivity contribution is 0.415. The van der Waals surface area contributed by atoms with Crippen molar-refractivity contribution in [3.05, 3.63) is 53.6 Å². The lowest BCUT2D eigenvalue weighted by atomic mass is 10.1. The van der Waals surface area contributed by atoms with Crippen LogP contribution in [0, 0.1) is 22.7 Å². The number of rotatable bonds is 5. The molecule has 1 heterocycles. The summed E-state index contributed by atoms with van der Waals surface area (Å²) in [5, 5.41) is 30.5. The lowest BCUT2D eigenvalue weighted by Gasteiger charge is -2.04. The second-order valence-electron chi connectivity index (χ2n) is 4.74. The van der Waals surface area contributed by atoms with Crippen molar-refractivity contribution in [1.82, 2.24) is 10.2 Å². The minimum Gasteiger partial charge on any atom is -0.497 e. The number of hydrogen-bond donors (Lipinski definition) is 1. The molecule has 3 aromatic rings. The van der Waals surface area contributed by atoms with E-state index in [9.17, 15) is 10.5 Å². The van der Waals surface area contributed by atoms with E-state index in [1.165, 1.54) is 23.1 Å². The van der Waals surface area contributed by atoms with Gasteiger partial charge in [-0.2, -0.15) is 10.5 Å². The van der Waals surface area contributed by atoms with Gasteiger partial charge in [0.25, 0.3) is 0 Å². The Morgan fingerprint density at radius 3 is 2.48 bits per heavy atom. The van der Waals surface area contributed by atoms with Gasteiger partial charge in [-0.3, -0.25) is 0 Å². The van der Waals surface area contributed by atoms with Crippen LogP contribution in [0.25, 0.3) is 0 Å². The van der Waals surface area contributed by atoms with Gasteiger partial charge in [0.2, 0.25) is 5.13 Å². The van der Waals surface area contributed by atoms with Crippen LogP contribution in [0.4, 0.5) is 10.8 Å². The van der Waals surface area contributed by atoms with Crippen molar-refractivity contribution in [3.8, 4) is 17.9 Å². The summed E-state index contributed by atoms with van der Waals surface area (Å²) in [5.74, 6) is 0.741. The smallest absolute Gasteiger partial charge is 0.210 e. The molecule has 0 atom stereocenters. The van der Waals surface area contributed by atoms with Crippen molar-refractivity contribution in [2.24, 2.45) is 0 Å². The average molecular weight is 365 g/mol. The predicted octanol–water partition coefficient (Wildman–Crippen LogP) is 4.18. The van der Waals surface area contributed by atoms with Crippen molar-refractivity contribution in [2.75, 3.05) is 12.4 Å². The molecule has 2 aromatic carbocycles. The molecule has 1 aromatic heterocycles. The van der Waals surface area contributed by atoms with Crippen LogP contribution in [0.5, 0.6) is 5.75 Å². The fourth-order valence-corrected chi connectivity index (χ4v) is 3.89. The second-order valence-corrected chi connectivity index (χ2v) is 6.97. The van der Waals surface area contributed by atoms with Crippen molar-refractivity contribution < 1.29 is 4.74 Å². The van der Waals surface area contributed by atoms with Crippen LogP contribution in [0.3, 0.4) is 0 Å². The highest BCUT2D eigenvalue weighted by Crippen LogP contribution is 2.36. The number of nitrogens with one attached hydrogen (secondary N) is 1. The van der Waals surface area contributed by atoms with E-state index in [2.05, 4.69) is 27.7 Å². The van der Waals surface area contributed by atoms with E-state index in [0.29, 0.717) is 25.5 Å². The summed E-state index contributed by atoms with van der Waals surface area (Å²) < 4.78 is 5.83. The number of hydrogen-bond acceptors (Lipinski definition) is 8. The van der Waals surface area contributed by atoms with E-state index in [1.807, 2.05) is 24.3 Å². The molecular formula is C17H11N5OS2. The number of aromatic nitrogens is 2. The third-order valence-corrected chi connectivity index (χ3v) is 5.21. The van der Waals surface area contributed by atoms with Crippen LogP contribution >= 0.6 is 23.1 Å². The maximum atomic E-state index is 9.24. The van der Waals surface area contributed by atoms with Crippen LogP contribution < -0.4 is 10.1 Å². The Kier molecular flexibility index (Phi) is 5.14. The van der Waals surface area contributed by atoms with Gasteiger partial charge in [0.1, 0.15) is 17.9 Å². The summed E-state index contributed by atoms with van der Waals surface area (Å²) in [6.45, 7) is 0. The van der Waals surface area contributed by atoms with Crippen LogP contribution in [-0.2, 0) is 0 Å². The summed E-state index contributed by atoms with van der Waals surface area (Å²) in [6.07, 6.45) is 0. The number of ether oxygens (including phenoxy) is 1. The van der Waals surface area contributed by atoms with Gasteiger partial charge in [-0.1, -0.05) is 35.2 Å². The molecule has 0 unspecified atom stereocenters. The fraction of sp³-hybridized carbons (Fsp3) is 0.0588. The third-order valence-electron chi connectivity index (χ3n) is 3.17. The normalized spacial score (nSPS) is 9.88. The molecule has 25 heavy (non-hydrogen) atoms. The van der Waals surface area contributed by atoms with Crippen molar-refractivity contribution in [1.29, 1.82) is 10.5 Å². The Morgan fingerprint density at radius 1 is 1.08 bits per heavy atom. The van der Waals surface area contributed by atoms with Gasteiger partial charge in [0.05, 0.1) is 23.1 Å². The molecule has 8 heteroatoms. The summed E-state index contributed by atoms with van der Waals surface area (Å²) in [7, 11) is 1.61. The highest BCUT2D eigenvalue weighted by Gasteiger charge is 2.13. The number of anilines is 2. The first-order valence-electron chi connectivity index (χ1n) is 7.09. The Morgan fingerprint density at radius 2 is 1.80 bits per heavy atom. The quantitative estimate of drug-likeness (QED) is 0.724. The zero-order valence-electron chi connectivity index (χ0n) is 13.1. The van der Waals surface area contributed by atoms with Gasteiger partial charge in [0, 0.05) is 11.8 Å². The summed E-state index contributed by atoms with van der Waals surface area (Å²) in [5.41, 5.74) is 1.73. The van der Waals surface area contributed by atoms with E-state index in [0.717, 1.165) is 11.4 Å². The lowest BCUT2D eigenvalue weighted by Crippen LogP contribution is -1.90. The largest absolute Gasteiger partial charge is 0.497 e. The third kappa shape index (κ3) is 3.89. The van der Waals surface area contributed by atoms with Crippen LogP contribution in [-0.4, -0.2) is 17.3 Å². The van der Waals surface area contributed by atoms with Gasteiger partial charge >= 0.3 is 0 Å². The molecule has 1 N–H and O–H groups in total. The Balaban J connectivity index is 1.81. The summed E-state index contributed by atoms with van der Waals surface area (Å²) in [4.78, 5) is 0.594. The molecule has 6 nitrogen and oxygen atoms in total. The number of nitrogens with zero attached hydrogens (tertiary/aromatic N) is 4. The summed E-state index contributed by atoms with van der Waals surface area (Å²) >= 11 is 2.61. The van der Waals surface area contributed by atoms with Gasteiger partial charge in [-0.25, -0.2) is 0 Å². The molecule has 0 saturated heterocycles. The topological polar surface area (TPSA) is 94.6 Å². The highest BCUT2D eigenvalue weighted by molar-refractivity contribution is 8.01. The molecule has 122 valence electrons. The molecule has 3 rings (SSSR count). The highest BCUT2D eigenvalue weighted by atomic mass is 32.2. The fourth-order valence-electron chi connectivity index (χ4n) is 2.04. The van der Waals surface area contributed by atoms with Gasteiger partial charge in [0.15, 0.2) is 4.34 Å². The zero-order chi connectivity index (χ0) is 17.6. The molecule has 0 amide bonds. The molecule has 0 aliphatic carbocycles. The van der Waals surface area contributed by atoms with Gasteiger partial charge < -0.3 is 10.1 Å². The molecule has 0 aliphatic heterocycles. The molecule has 0 radical (unpaired) electrons. The van der Waals surface area contributed by atoms with E-state index in [-0.39, 0.29) is 0 Å². The Labute approximate surface area is 152 Å². The predicted molar refractivity (Wildman–Crippen MR) is 96.2 cm³/mol. The monoisotopic (exact) mass is 365 g/mol. The molecular weight excluding hydrogens is 354 g/mol. The number of nitriles is 2. The SMILES string of the molecule is COc1cccc(Nc2nnc(Sc3c(C#N)cccc3C#N)s2)c1. The van der Waals surface area contributed by atoms with E-state index in [4.69, 9.17) is 4.74 Å². The maximum absolute atomic E-state index is 9.24. The molecule has 0 aliphatic rings. The maximum Gasteiger partial charge on any atom is 0.210 e. The molecule has 0 spiro atoms. The average Bonchev–Trinajstić information content (AvgIpc) is 3.09. The van der Waals surface area contributed by atoms with E-state index >= 15 is 0 Å². The first-order chi connectivity index (χ1) is 12.2. The van der Waals surface area contributed by atoms with Crippen molar-refractivity contribution >= 4 is 33.9 Å². The first kappa shape index (κ1) is 16.8. The first-order valence-corrected chi connectivity index (χ1v) is 8.72. The van der Waals surface area contributed by atoms with E-state index < -0.39 is 0 Å². The van der Waals surface area contributed by atoms with Gasteiger partial charge in [-0.05, 0) is 24.3 Å². The van der Waals surface area contributed by atoms with E-state index in [1.54, 1.807) is 25.3 Å². The van der Waals surface area contributed by atoms with Crippen molar-refractivity contribution in [2.45, 2.75) is 9.24 Å². The van der Waals surface area contributed by atoms with Crippen LogP contribution in [0.2, 0.25) is 0 Å². The van der Waals surface area contributed by atoms with Gasteiger partial charge in [-0.15, -0.1) is 10.2 Å². The molecule has 0 fully saturated rings. The Hall–Kier alpha value is -3.07. The van der Waals surface area contributed by atoms with Crippen LogP contribution in [0.15, 0.2) is 51.7 Å². The second kappa shape index (κ2) is 7.67. The van der Waals surface area contributed by atoms with Crippen molar-refractivity contribution in [3.63, 3.8) is 0 Å². The number of benzene rings is 2. The van der Waals surface area contributed by atoms with Crippen LogP contribution in [0.1, 0.15) is 11.1 Å². The summed E-state index contributed by atoms with van der Waals surface area (Å²) in [6, 6.07) is 16.7. The zero-order valence-corrected chi connectivity index (χ0v) is 14.7. The number of methoxy groups -OCH3 is 1. The minimum absolute atomic E-state index is 0.446. The Bertz CT molecular complexity index is 955. The molecule has 0 bridgehead atoms.